The maximum absolute atomic E-state index is 12.6. The fraction of sp³-hybridized carbons (Fsp3) is 0.533. The quantitative estimate of drug-likeness (QED) is 0.866. The summed E-state index contributed by atoms with van der Waals surface area (Å²) in [4.78, 5) is 6.42. The van der Waals surface area contributed by atoms with Crippen LogP contribution < -0.4 is 10.2 Å². The minimum atomic E-state index is -4.20. The van der Waals surface area contributed by atoms with Gasteiger partial charge in [0.1, 0.15) is 5.82 Å². The zero-order valence-electron chi connectivity index (χ0n) is 11.7. The van der Waals surface area contributed by atoms with Gasteiger partial charge in [-0.3, -0.25) is 0 Å². The third-order valence-electron chi connectivity index (χ3n) is 3.84. The lowest BCUT2D eigenvalue weighted by Gasteiger charge is -2.28. The Morgan fingerprint density at radius 1 is 1.29 bits per heavy atom. The lowest BCUT2D eigenvalue weighted by atomic mass is 10.1. The second-order valence-corrected chi connectivity index (χ2v) is 5.57. The number of nitrogens with zero attached hydrogens (tertiary/aromatic N) is 2. The van der Waals surface area contributed by atoms with E-state index in [1.807, 2.05) is 23.1 Å². The first kappa shape index (κ1) is 14.4. The minimum Gasteiger partial charge on any atom is -0.353 e. The van der Waals surface area contributed by atoms with Crippen LogP contribution >= 0.6 is 0 Å². The SMILES string of the molecule is FC(F)(F)C1=CCN(c2cccc(CNC3CC3)n2)CC1. The molecule has 0 saturated heterocycles. The number of halogens is 3. The van der Waals surface area contributed by atoms with Gasteiger partial charge in [-0.05, 0) is 31.4 Å². The number of aromatic nitrogens is 1. The highest BCUT2D eigenvalue weighted by Gasteiger charge is 2.34. The molecular weight excluding hydrogens is 279 g/mol. The van der Waals surface area contributed by atoms with Crippen molar-refractivity contribution < 1.29 is 13.2 Å². The molecule has 1 aromatic rings. The molecule has 3 nitrogen and oxygen atoms in total. The third kappa shape index (κ3) is 3.75. The molecule has 0 unspecified atom stereocenters. The molecule has 0 aromatic carbocycles. The van der Waals surface area contributed by atoms with Crippen LogP contribution in [0.1, 0.15) is 25.0 Å². The van der Waals surface area contributed by atoms with Gasteiger partial charge < -0.3 is 10.2 Å². The summed E-state index contributed by atoms with van der Waals surface area (Å²) >= 11 is 0. The van der Waals surface area contributed by atoms with Crippen LogP contribution in [0.25, 0.3) is 0 Å². The van der Waals surface area contributed by atoms with E-state index in [2.05, 4.69) is 10.3 Å². The Bertz CT molecular complexity index is 535. The van der Waals surface area contributed by atoms with Gasteiger partial charge in [0, 0.05) is 31.2 Å². The van der Waals surface area contributed by atoms with Gasteiger partial charge in [0.25, 0.3) is 0 Å². The van der Waals surface area contributed by atoms with E-state index in [1.54, 1.807) is 0 Å². The highest BCUT2D eigenvalue weighted by atomic mass is 19.4. The topological polar surface area (TPSA) is 28.2 Å². The van der Waals surface area contributed by atoms with E-state index in [4.69, 9.17) is 0 Å². The Hall–Kier alpha value is -1.56. The van der Waals surface area contributed by atoms with Crippen molar-refractivity contribution in [1.82, 2.24) is 10.3 Å². The van der Waals surface area contributed by atoms with Crippen LogP contribution in [-0.2, 0) is 6.54 Å². The highest BCUT2D eigenvalue weighted by Crippen LogP contribution is 2.31. The Morgan fingerprint density at radius 2 is 2.10 bits per heavy atom. The maximum atomic E-state index is 12.6. The Morgan fingerprint density at radius 3 is 2.71 bits per heavy atom. The van der Waals surface area contributed by atoms with Crippen LogP contribution in [-0.4, -0.2) is 30.3 Å². The van der Waals surface area contributed by atoms with Crippen LogP contribution in [0.15, 0.2) is 29.8 Å². The smallest absolute Gasteiger partial charge is 0.353 e. The van der Waals surface area contributed by atoms with Gasteiger partial charge >= 0.3 is 6.18 Å². The van der Waals surface area contributed by atoms with Crippen molar-refractivity contribution in [1.29, 1.82) is 0 Å². The number of nitrogens with one attached hydrogen (secondary N) is 1. The van der Waals surface area contributed by atoms with Crippen molar-refractivity contribution in [3.05, 3.63) is 35.5 Å². The van der Waals surface area contributed by atoms with Crippen LogP contribution in [0.2, 0.25) is 0 Å². The molecule has 1 aliphatic heterocycles. The molecule has 114 valence electrons. The van der Waals surface area contributed by atoms with Gasteiger partial charge in [-0.2, -0.15) is 13.2 Å². The highest BCUT2D eigenvalue weighted by molar-refractivity contribution is 5.42. The third-order valence-corrected chi connectivity index (χ3v) is 3.84. The van der Waals surface area contributed by atoms with E-state index < -0.39 is 11.7 Å². The molecule has 2 heterocycles. The molecular formula is C15H18F3N3. The normalized spacial score (nSPS) is 19.6. The summed E-state index contributed by atoms with van der Waals surface area (Å²) in [6.45, 7) is 1.34. The zero-order valence-corrected chi connectivity index (χ0v) is 11.7. The fourth-order valence-electron chi connectivity index (χ4n) is 2.41. The van der Waals surface area contributed by atoms with Gasteiger partial charge in [0.2, 0.25) is 0 Å². The molecule has 2 aliphatic rings. The number of alkyl halides is 3. The van der Waals surface area contributed by atoms with Crippen molar-refractivity contribution in [3.63, 3.8) is 0 Å². The van der Waals surface area contributed by atoms with E-state index in [1.165, 1.54) is 18.9 Å². The standard InChI is InChI=1S/C15H18F3N3/c16-15(17,18)11-6-8-21(9-7-11)14-3-1-2-13(20-14)10-19-12-4-5-12/h1-3,6,12,19H,4-5,7-10H2. The first-order chi connectivity index (χ1) is 10.0. The molecule has 1 fully saturated rings. The predicted octanol–water partition coefficient (Wildman–Crippen LogP) is 3.03. The van der Waals surface area contributed by atoms with E-state index in [-0.39, 0.29) is 13.0 Å². The average Bonchev–Trinajstić information content (AvgIpc) is 3.29. The molecule has 0 bridgehead atoms. The number of pyridine rings is 1. The molecule has 1 saturated carbocycles. The van der Waals surface area contributed by atoms with Crippen molar-refractivity contribution in [2.45, 2.75) is 38.0 Å². The largest absolute Gasteiger partial charge is 0.412 e. The summed E-state index contributed by atoms with van der Waals surface area (Å²) in [6.07, 6.45) is -0.473. The Balaban J connectivity index is 1.64. The van der Waals surface area contributed by atoms with Crippen LogP contribution in [0.3, 0.4) is 0 Å². The summed E-state index contributed by atoms with van der Waals surface area (Å²) in [5, 5.41) is 3.39. The summed E-state index contributed by atoms with van der Waals surface area (Å²) < 4.78 is 37.8. The van der Waals surface area contributed by atoms with Gasteiger partial charge in [-0.15, -0.1) is 0 Å². The van der Waals surface area contributed by atoms with Crippen LogP contribution in [0.5, 0.6) is 0 Å². The monoisotopic (exact) mass is 297 g/mol. The zero-order chi connectivity index (χ0) is 14.9. The number of hydrogen-bond acceptors (Lipinski definition) is 3. The second-order valence-electron chi connectivity index (χ2n) is 5.57. The molecule has 1 aromatic heterocycles. The van der Waals surface area contributed by atoms with Crippen molar-refractivity contribution in [3.8, 4) is 0 Å². The lowest BCUT2D eigenvalue weighted by Crippen LogP contribution is -2.32. The molecule has 6 heteroatoms. The lowest BCUT2D eigenvalue weighted by molar-refractivity contribution is -0.0944. The van der Waals surface area contributed by atoms with Crippen LogP contribution in [0.4, 0.5) is 19.0 Å². The van der Waals surface area contributed by atoms with E-state index >= 15 is 0 Å². The molecule has 0 spiro atoms. The fourth-order valence-corrected chi connectivity index (χ4v) is 2.41. The van der Waals surface area contributed by atoms with E-state index in [0.29, 0.717) is 12.6 Å². The maximum Gasteiger partial charge on any atom is 0.412 e. The van der Waals surface area contributed by atoms with E-state index in [9.17, 15) is 13.2 Å². The van der Waals surface area contributed by atoms with Gasteiger partial charge in [-0.25, -0.2) is 4.98 Å². The molecule has 1 aliphatic carbocycles. The number of rotatable bonds is 4. The van der Waals surface area contributed by atoms with Gasteiger partial charge in [0.15, 0.2) is 0 Å². The van der Waals surface area contributed by atoms with Gasteiger partial charge in [-0.1, -0.05) is 12.1 Å². The Kier molecular flexibility index (Phi) is 3.89. The van der Waals surface area contributed by atoms with Crippen molar-refractivity contribution in [2.75, 3.05) is 18.0 Å². The predicted molar refractivity (Wildman–Crippen MR) is 75.1 cm³/mol. The first-order valence-corrected chi connectivity index (χ1v) is 7.23. The number of hydrogen-bond donors (Lipinski definition) is 1. The summed E-state index contributed by atoms with van der Waals surface area (Å²) in [6, 6.07) is 6.32. The molecule has 0 atom stereocenters. The second kappa shape index (κ2) is 5.67. The van der Waals surface area contributed by atoms with Crippen molar-refractivity contribution >= 4 is 5.82 Å². The summed E-state index contributed by atoms with van der Waals surface area (Å²) in [5.74, 6) is 0.752. The molecule has 0 radical (unpaired) electrons. The molecule has 0 amide bonds. The van der Waals surface area contributed by atoms with Gasteiger partial charge in [0.05, 0.1) is 5.69 Å². The molecule has 21 heavy (non-hydrogen) atoms. The van der Waals surface area contributed by atoms with E-state index in [0.717, 1.165) is 18.1 Å². The van der Waals surface area contributed by atoms with Crippen molar-refractivity contribution in [2.24, 2.45) is 0 Å². The molecule has 3 rings (SSSR count). The first-order valence-electron chi connectivity index (χ1n) is 7.23. The average molecular weight is 297 g/mol. The summed E-state index contributed by atoms with van der Waals surface area (Å²) in [5.41, 5.74) is 0.510. The number of anilines is 1. The Labute approximate surface area is 121 Å². The summed E-state index contributed by atoms with van der Waals surface area (Å²) in [7, 11) is 0. The van der Waals surface area contributed by atoms with Crippen LogP contribution in [0, 0.1) is 0 Å². The minimum absolute atomic E-state index is 0.0235. The molecule has 1 N–H and O–H groups in total.